The molecule has 0 aromatic carbocycles. The summed E-state index contributed by atoms with van der Waals surface area (Å²) in [5.41, 5.74) is -0.0478. The summed E-state index contributed by atoms with van der Waals surface area (Å²) >= 11 is 0. The minimum absolute atomic E-state index is 0.0478. The van der Waals surface area contributed by atoms with Crippen molar-refractivity contribution in [1.82, 2.24) is 15.1 Å². The predicted octanol–water partition coefficient (Wildman–Crippen LogP) is 1.85. The molecular weight excluding hydrogens is 274 g/mol. The molecule has 4 rings (SSSR count). The number of amides is 1. The molecule has 4 nitrogen and oxygen atoms in total. The van der Waals surface area contributed by atoms with Crippen LogP contribution in [-0.4, -0.2) is 61.0 Å². The molecule has 0 bridgehead atoms. The molecule has 2 atom stereocenters. The molecule has 0 aromatic rings. The minimum Gasteiger partial charge on any atom is -0.340 e. The lowest BCUT2D eigenvalue weighted by molar-refractivity contribution is -0.147. The number of carbonyl (C=O) groups is 1. The van der Waals surface area contributed by atoms with E-state index in [-0.39, 0.29) is 5.41 Å². The van der Waals surface area contributed by atoms with E-state index in [4.69, 9.17) is 0 Å². The van der Waals surface area contributed by atoms with Crippen LogP contribution in [0.4, 0.5) is 0 Å². The standard InChI is InChI=1S/C18H31N3O/c22-17(18-8-4-3-5-15(18)13-19-14-18)21-11-9-20(10-12-21)16-6-1-2-7-16/h15-16,19H,1-14H2/t15-,18+/m0/s1. The molecule has 4 aliphatic rings. The van der Waals surface area contributed by atoms with Gasteiger partial charge in [0.1, 0.15) is 0 Å². The highest BCUT2D eigenvalue weighted by molar-refractivity contribution is 5.84. The van der Waals surface area contributed by atoms with E-state index in [2.05, 4.69) is 15.1 Å². The monoisotopic (exact) mass is 305 g/mol. The third kappa shape index (κ3) is 2.48. The first kappa shape index (κ1) is 14.9. The first-order valence-corrected chi connectivity index (χ1v) is 9.54. The molecule has 0 unspecified atom stereocenters. The average Bonchev–Trinajstić information content (AvgIpc) is 3.24. The van der Waals surface area contributed by atoms with Crippen LogP contribution < -0.4 is 5.32 Å². The summed E-state index contributed by atoms with van der Waals surface area (Å²) in [6.07, 6.45) is 10.5. The number of nitrogens with zero attached hydrogens (tertiary/aromatic N) is 2. The predicted molar refractivity (Wildman–Crippen MR) is 87.7 cm³/mol. The van der Waals surface area contributed by atoms with Gasteiger partial charge in [0.25, 0.3) is 0 Å². The van der Waals surface area contributed by atoms with Crippen molar-refractivity contribution in [3.8, 4) is 0 Å². The van der Waals surface area contributed by atoms with Gasteiger partial charge < -0.3 is 10.2 Å². The summed E-state index contributed by atoms with van der Waals surface area (Å²) in [5, 5.41) is 3.52. The van der Waals surface area contributed by atoms with Gasteiger partial charge in [-0.3, -0.25) is 9.69 Å². The van der Waals surface area contributed by atoms with E-state index in [1.807, 2.05) is 0 Å². The molecule has 2 saturated carbocycles. The maximum Gasteiger partial charge on any atom is 0.230 e. The average molecular weight is 305 g/mol. The normalized spacial score (nSPS) is 37.5. The van der Waals surface area contributed by atoms with Gasteiger partial charge >= 0.3 is 0 Å². The van der Waals surface area contributed by atoms with Crippen molar-refractivity contribution >= 4 is 5.91 Å². The molecule has 2 heterocycles. The van der Waals surface area contributed by atoms with Gasteiger partial charge in [0.15, 0.2) is 0 Å². The second-order valence-electron chi connectivity index (χ2n) is 8.00. The highest BCUT2D eigenvalue weighted by Gasteiger charge is 2.51. The largest absolute Gasteiger partial charge is 0.340 e. The van der Waals surface area contributed by atoms with Crippen molar-refractivity contribution in [3.05, 3.63) is 0 Å². The van der Waals surface area contributed by atoms with Crippen LogP contribution >= 0.6 is 0 Å². The third-order valence-corrected chi connectivity index (χ3v) is 6.91. The van der Waals surface area contributed by atoms with Gasteiger partial charge in [-0.05, 0) is 38.1 Å². The zero-order valence-electron chi connectivity index (χ0n) is 13.9. The Bertz CT molecular complexity index is 413. The van der Waals surface area contributed by atoms with Gasteiger partial charge in [0.2, 0.25) is 5.91 Å². The summed E-state index contributed by atoms with van der Waals surface area (Å²) in [6.45, 7) is 6.12. The molecule has 0 radical (unpaired) electrons. The number of piperazine rings is 1. The Morgan fingerprint density at radius 3 is 2.45 bits per heavy atom. The lowest BCUT2D eigenvalue weighted by Gasteiger charge is -2.44. The van der Waals surface area contributed by atoms with Crippen LogP contribution in [0.5, 0.6) is 0 Å². The van der Waals surface area contributed by atoms with E-state index in [9.17, 15) is 4.79 Å². The molecule has 1 N–H and O–H groups in total. The summed E-state index contributed by atoms with van der Waals surface area (Å²) in [7, 11) is 0. The van der Waals surface area contributed by atoms with Gasteiger partial charge in [-0.2, -0.15) is 0 Å². The summed E-state index contributed by atoms with van der Waals surface area (Å²) in [4.78, 5) is 18.1. The van der Waals surface area contributed by atoms with Crippen molar-refractivity contribution in [2.75, 3.05) is 39.3 Å². The van der Waals surface area contributed by atoms with Gasteiger partial charge in [0, 0.05) is 38.8 Å². The van der Waals surface area contributed by atoms with Crippen LogP contribution in [-0.2, 0) is 4.79 Å². The number of rotatable bonds is 2. The quantitative estimate of drug-likeness (QED) is 0.846. The van der Waals surface area contributed by atoms with E-state index in [1.54, 1.807) is 0 Å². The van der Waals surface area contributed by atoms with Crippen molar-refractivity contribution in [2.24, 2.45) is 11.3 Å². The molecule has 124 valence electrons. The van der Waals surface area contributed by atoms with Crippen molar-refractivity contribution in [1.29, 1.82) is 0 Å². The van der Waals surface area contributed by atoms with Gasteiger partial charge in [-0.25, -0.2) is 0 Å². The summed E-state index contributed by atoms with van der Waals surface area (Å²) in [6, 6.07) is 0.811. The van der Waals surface area contributed by atoms with E-state index in [0.29, 0.717) is 11.8 Å². The molecular formula is C18H31N3O. The Kier molecular flexibility index (Phi) is 4.16. The molecule has 2 saturated heterocycles. The molecule has 22 heavy (non-hydrogen) atoms. The minimum atomic E-state index is -0.0478. The highest BCUT2D eigenvalue weighted by Crippen LogP contribution is 2.45. The highest BCUT2D eigenvalue weighted by atomic mass is 16.2. The van der Waals surface area contributed by atoms with Crippen LogP contribution in [0.1, 0.15) is 51.4 Å². The maximum absolute atomic E-state index is 13.3. The summed E-state index contributed by atoms with van der Waals surface area (Å²) < 4.78 is 0. The van der Waals surface area contributed by atoms with Crippen molar-refractivity contribution < 1.29 is 4.79 Å². The fourth-order valence-electron chi connectivity index (χ4n) is 5.54. The lowest BCUT2D eigenvalue weighted by Crippen LogP contribution is -2.57. The van der Waals surface area contributed by atoms with Gasteiger partial charge in [-0.15, -0.1) is 0 Å². The second-order valence-corrected chi connectivity index (χ2v) is 8.00. The first-order valence-electron chi connectivity index (χ1n) is 9.54. The molecule has 2 aliphatic carbocycles. The van der Waals surface area contributed by atoms with Gasteiger partial charge in [0.05, 0.1) is 5.41 Å². The van der Waals surface area contributed by atoms with Crippen molar-refractivity contribution in [3.63, 3.8) is 0 Å². The van der Waals surface area contributed by atoms with Crippen LogP contribution in [0, 0.1) is 11.3 Å². The second kappa shape index (κ2) is 6.12. The Morgan fingerprint density at radius 1 is 0.955 bits per heavy atom. The van der Waals surface area contributed by atoms with Crippen molar-refractivity contribution in [2.45, 2.75) is 57.4 Å². The van der Waals surface area contributed by atoms with E-state index in [1.165, 1.54) is 44.9 Å². The Morgan fingerprint density at radius 2 is 1.68 bits per heavy atom. The first-order chi connectivity index (χ1) is 10.8. The van der Waals surface area contributed by atoms with E-state index >= 15 is 0 Å². The van der Waals surface area contributed by atoms with Crippen LogP contribution in [0.25, 0.3) is 0 Å². The number of carbonyl (C=O) groups excluding carboxylic acids is 1. The SMILES string of the molecule is O=C(N1CCN(C2CCCC2)CC1)[C@@]12CCCC[C@H]1CNC2. The van der Waals surface area contributed by atoms with Crippen LogP contribution in [0.2, 0.25) is 0 Å². The number of nitrogens with one attached hydrogen (secondary N) is 1. The smallest absolute Gasteiger partial charge is 0.230 e. The zero-order chi connectivity index (χ0) is 15.0. The Hall–Kier alpha value is -0.610. The number of hydrogen-bond donors (Lipinski definition) is 1. The topological polar surface area (TPSA) is 35.6 Å². The van der Waals surface area contributed by atoms with Crippen LogP contribution in [0.3, 0.4) is 0 Å². The zero-order valence-corrected chi connectivity index (χ0v) is 13.9. The fourth-order valence-corrected chi connectivity index (χ4v) is 5.54. The number of fused-ring (bicyclic) bond motifs is 1. The van der Waals surface area contributed by atoms with E-state index in [0.717, 1.165) is 51.7 Å². The van der Waals surface area contributed by atoms with Gasteiger partial charge in [-0.1, -0.05) is 25.7 Å². The molecule has 4 fully saturated rings. The molecule has 2 aliphatic heterocycles. The molecule has 0 spiro atoms. The Labute approximate surface area is 134 Å². The third-order valence-electron chi connectivity index (χ3n) is 6.91. The summed E-state index contributed by atoms with van der Waals surface area (Å²) in [5.74, 6) is 1.08. The molecule has 1 amide bonds. The molecule has 4 heteroatoms. The molecule has 0 aromatic heterocycles. The lowest BCUT2D eigenvalue weighted by atomic mass is 9.67. The number of hydrogen-bond acceptors (Lipinski definition) is 3. The fraction of sp³-hybridized carbons (Fsp3) is 0.944. The van der Waals surface area contributed by atoms with Crippen LogP contribution in [0.15, 0.2) is 0 Å². The Balaban J connectivity index is 1.39. The maximum atomic E-state index is 13.3. The van der Waals surface area contributed by atoms with E-state index < -0.39 is 0 Å².